The average Bonchev–Trinajstić information content (AvgIpc) is 2.89. The molecule has 1 aliphatic rings. The van der Waals surface area contributed by atoms with Gasteiger partial charge in [0.05, 0.1) is 6.26 Å². The SMILES string of the molecule is CC(NC1CCCc2occc21)c1ccc(I)cc1. The van der Waals surface area contributed by atoms with Gasteiger partial charge in [0, 0.05) is 27.6 Å². The number of benzene rings is 1. The van der Waals surface area contributed by atoms with Crippen molar-refractivity contribution in [3.63, 3.8) is 0 Å². The number of nitrogens with one attached hydrogen (secondary N) is 1. The van der Waals surface area contributed by atoms with E-state index in [2.05, 4.69) is 65.2 Å². The first kappa shape index (κ1) is 13.2. The lowest BCUT2D eigenvalue weighted by Gasteiger charge is -2.26. The van der Waals surface area contributed by atoms with Crippen LogP contribution in [0.25, 0.3) is 0 Å². The summed E-state index contributed by atoms with van der Waals surface area (Å²) >= 11 is 2.34. The molecule has 0 bridgehead atoms. The fourth-order valence-corrected chi connectivity index (χ4v) is 3.17. The fraction of sp³-hybridized carbons (Fsp3) is 0.375. The molecule has 2 aromatic rings. The Morgan fingerprint density at radius 3 is 2.84 bits per heavy atom. The molecule has 0 aliphatic heterocycles. The van der Waals surface area contributed by atoms with E-state index in [-0.39, 0.29) is 0 Å². The molecular formula is C16H18INO. The molecule has 100 valence electrons. The molecule has 3 rings (SSSR count). The Kier molecular flexibility index (Phi) is 3.93. The molecule has 2 atom stereocenters. The highest BCUT2D eigenvalue weighted by atomic mass is 127. The lowest BCUT2D eigenvalue weighted by molar-refractivity contribution is 0.385. The van der Waals surface area contributed by atoms with Crippen LogP contribution in [0.5, 0.6) is 0 Å². The molecule has 1 aromatic carbocycles. The van der Waals surface area contributed by atoms with Gasteiger partial charge in [-0.1, -0.05) is 12.1 Å². The topological polar surface area (TPSA) is 25.2 Å². The number of hydrogen-bond acceptors (Lipinski definition) is 2. The van der Waals surface area contributed by atoms with Crippen molar-refractivity contribution in [2.75, 3.05) is 0 Å². The highest BCUT2D eigenvalue weighted by molar-refractivity contribution is 14.1. The molecule has 1 N–H and O–H groups in total. The highest BCUT2D eigenvalue weighted by Gasteiger charge is 2.23. The molecular weight excluding hydrogens is 349 g/mol. The van der Waals surface area contributed by atoms with E-state index in [0.29, 0.717) is 12.1 Å². The van der Waals surface area contributed by atoms with Crippen LogP contribution in [0.4, 0.5) is 0 Å². The van der Waals surface area contributed by atoms with Gasteiger partial charge in [0.2, 0.25) is 0 Å². The van der Waals surface area contributed by atoms with Crippen molar-refractivity contribution in [3.05, 3.63) is 57.1 Å². The molecule has 0 saturated heterocycles. The van der Waals surface area contributed by atoms with Crippen molar-refractivity contribution in [2.24, 2.45) is 0 Å². The Morgan fingerprint density at radius 2 is 2.05 bits per heavy atom. The summed E-state index contributed by atoms with van der Waals surface area (Å²) in [4.78, 5) is 0. The number of hydrogen-bond donors (Lipinski definition) is 1. The van der Waals surface area contributed by atoms with E-state index in [0.717, 1.165) is 6.42 Å². The van der Waals surface area contributed by atoms with Gasteiger partial charge < -0.3 is 9.73 Å². The van der Waals surface area contributed by atoms with Crippen LogP contribution in [0.2, 0.25) is 0 Å². The highest BCUT2D eigenvalue weighted by Crippen LogP contribution is 2.32. The first-order valence-electron chi connectivity index (χ1n) is 6.82. The molecule has 2 unspecified atom stereocenters. The van der Waals surface area contributed by atoms with Gasteiger partial charge in [0.15, 0.2) is 0 Å². The first-order valence-corrected chi connectivity index (χ1v) is 7.89. The number of furan rings is 1. The minimum atomic E-state index is 0.364. The smallest absolute Gasteiger partial charge is 0.108 e. The maximum atomic E-state index is 5.55. The van der Waals surface area contributed by atoms with Crippen LogP contribution < -0.4 is 5.32 Å². The van der Waals surface area contributed by atoms with Crippen molar-refractivity contribution >= 4 is 22.6 Å². The third-order valence-electron chi connectivity index (χ3n) is 3.87. The van der Waals surface area contributed by atoms with Crippen molar-refractivity contribution in [2.45, 2.75) is 38.3 Å². The van der Waals surface area contributed by atoms with Gasteiger partial charge in [-0.15, -0.1) is 0 Å². The summed E-state index contributed by atoms with van der Waals surface area (Å²) in [6.07, 6.45) is 5.30. The summed E-state index contributed by atoms with van der Waals surface area (Å²) in [5, 5.41) is 3.73. The van der Waals surface area contributed by atoms with E-state index in [1.54, 1.807) is 0 Å². The van der Waals surface area contributed by atoms with Gasteiger partial charge in [0.25, 0.3) is 0 Å². The molecule has 19 heavy (non-hydrogen) atoms. The van der Waals surface area contributed by atoms with Gasteiger partial charge in [-0.3, -0.25) is 0 Å². The molecule has 0 amide bonds. The monoisotopic (exact) mass is 367 g/mol. The molecule has 3 heteroatoms. The van der Waals surface area contributed by atoms with Gasteiger partial charge in [-0.2, -0.15) is 0 Å². The van der Waals surface area contributed by atoms with Crippen LogP contribution in [-0.2, 0) is 6.42 Å². The Balaban J connectivity index is 1.74. The summed E-state index contributed by atoms with van der Waals surface area (Å²) < 4.78 is 6.83. The van der Waals surface area contributed by atoms with Crippen LogP contribution in [-0.4, -0.2) is 0 Å². The van der Waals surface area contributed by atoms with Crippen LogP contribution in [0.3, 0.4) is 0 Å². The van der Waals surface area contributed by atoms with Gasteiger partial charge >= 0.3 is 0 Å². The molecule has 0 saturated carbocycles. The van der Waals surface area contributed by atoms with Crippen LogP contribution in [0.15, 0.2) is 41.0 Å². The van der Waals surface area contributed by atoms with E-state index in [9.17, 15) is 0 Å². The van der Waals surface area contributed by atoms with E-state index < -0.39 is 0 Å². The standard InChI is InChI=1S/C16H18INO/c1-11(12-5-7-13(17)8-6-12)18-15-3-2-4-16-14(15)9-10-19-16/h5-11,15,18H,2-4H2,1H3. The minimum Gasteiger partial charge on any atom is -0.469 e. The molecule has 1 aromatic heterocycles. The van der Waals surface area contributed by atoms with Crippen LogP contribution >= 0.6 is 22.6 Å². The lowest BCUT2D eigenvalue weighted by Crippen LogP contribution is -2.27. The normalized spacial score (nSPS) is 20.0. The fourth-order valence-electron chi connectivity index (χ4n) is 2.81. The average molecular weight is 367 g/mol. The second kappa shape index (κ2) is 5.67. The summed E-state index contributed by atoms with van der Waals surface area (Å²) in [6, 6.07) is 11.7. The van der Waals surface area contributed by atoms with E-state index >= 15 is 0 Å². The van der Waals surface area contributed by atoms with Crippen LogP contribution in [0, 0.1) is 3.57 Å². The van der Waals surface area contributed by atoms with E-state index in [1.165, 1.54) is 33.3 Å². The summed E-state index contributed by atoms with van der Waals surface area (Å²) in [7, 11) is 0. The zero-order valence-electron chi connectivity index (χ0n) is 11.0. The second-order valence-corrected chi connectivity index (χ2v) is 6.43. The van der Waals surface area contributed by atoms with Crippen LogP contribution in [0.1, 0.15) is 48.7 Å². The first-order chi connectivity index (χ1) is 9.24. The molecule has 0 radical (unpaired) electrons. The third kappa shape index (κ3) is 2.87. The molecule has 1 heterocycles. The van der Waals surface area contributed by atoms with Gasteiger partial charge in [-0.05, 0) is 66.1 Å². The van der Waals surface area contributed by atoms with Crippen molar-refractivity contribution in [3.8, 4) is 0 Å². The summed E-state index contributed by atoms with van der Waals surface area (Å²) in [5.74, 6) is 1.17. The molecule has 0 spiro atoms. The molecule has 1 aliphatic carbocycles. The lowest BCUT2D eigenvalue weighted by atomic mass is 9.92. The van der Waals surface area contributed by atoms with Crippen molar-refractivity contribution in [1.29, 1.82) is 0 Å². The number of halogens is 1. The van der Waals surface area contributed by atoms with E-state index in [1.807, 2.05) is 6.26 Å². The quantitative estimate of drug-likeness (QED) is 0.802. The van der Waals surface area contributed by atoms with Crippen molar-refractivity contribution in [1.82, 2.24) is 5.32 Å². The summed E-state index contributed by atoms with van der Waals surface area (Å²) in [5.41, 5.74) is 2.69. The predicted octanol–water partition coefficient (Wildman–Crippen LogP) is 4.61. The second-order valence-electron chi connectivity index (χ2n) is 5.18. The zero-order chi connectivity index (χ0) is 13.2. The number of fused-ring (bicyclic) bond motifs is 1. The van der Waals surface area contributed by atoms with Gasteiger partial charge in [0.1, 0.15) is 5.76 Å². The Morgan fingerprint density at radius 1 is 1.26 bits per heavy atom. The Bertz CT molecular complexity index is 546. The van der Waals surface area contributed by atoms with Gasteiger partial charge in [-0.25, -0.2) is 0 Å². The zero-order valence-corrected chi connectivity index (χ0v) is 13.2. The third-order valence-corrected chi connectivity index (χ3v) is 4.59. The minimum absolute atomic E-state index is 0.364. The predicted molar refractivity (Wildman–Crippen MR) is 85.1 cm³/mol. The Hall–Kier alpha value is -0.810. The number of rotatable bonds is 3. The molecule has 0 fully saturated rings. The summed E-state index contributed by atoms with van der Waals surface area (Å²) in [6.45, 7) is 2.23. The maximum Gasteiger partial charge on any atom is 0.108 e. The number of aryl methyl sites for hydroxylation is 1. The maximum absolute atomic E-state index is 5.55. The largest absolute Gasteiger partial charge is 0.469 e. The molecule has 2 nitrogen and oxygen atoms in total. The van der Waals surface area contributed by atoms with E-state index in [4.69, 9.17) is 4.42 Å². The Labute approximate surface area is 127 Å². The van der Waals surface area contributed by atoms with Crippen molar-refractivity contribution < 1.29 is 4.42 Å².